The molecule has 0 amide bonds. The molecular formula is C17H18N4O2. The second-order valence-corrected chi connectivity index (χ2v) is 5.09. The third kappa shape index (κ3) is 3.54. The zero-order valence-electron chi connectivity index (χ0n) is 13.1. The standard InChI is InChI=1S/C17H18N4O2/c1-12-5-3-4-6-14(12)16-20-17(23-21-16)13-7-8-15(19-11-13)18-9-10-22-2/h3-8,11H,9-10H2,1-2H3,(H,18,19). The Morgan fingerprint density at radius 3 is 2.78 bits per heavy atom. The van der Waals surface area contributed by atoms with Crippen molar-refractivity contribution in [2.24, 2.45) is 0 Å². The van der Waals surface area contributed by atoms with E-state index in [0.717, 1.165) is 22.5 Å². The van der Waals surface area contributed by atoms with E-state index in [4.69, 9.17) is 9.26 Å². The van der Waals surface area contributed by atoms with Gasteiger partial charge in [-0.15, -0.1) is 0 Å². The summed E-state index contributed by atoms with van der Waals surface area (Å²) < 4.78 is 10.3. The molecule has 0 saturated carbocycles. The third-order valence-corrected chi connectivity index (χ3v) is 3.43. The van der Waals surface area contributed by atoms with Crippen molar-refractivity contribution in [3.8, 4) is 22.8 Å². The van der Waals surface area contributed by atoms with Crippen LogP contribution in [0, 0.1) is 6.92 Å². The van der Waals surface area contributed by atoms with Crippen LogP contribution >= 0.6 is 0 Å². The highest BCUT2D eigenvalue weighted by atomic mass is 16.5. The maximum absolute atomic E-state index is 5.36. The van der Waals surface area contributed by atoms with Gasteiger partial charge < -0.3 is 14.6 Å². The molecule has 0 aliphatic rings. The summed E-state index contributed by atoms with van der Waals surface area (Å²) in [4.78, 5) is 8.79. The number of pyridine rings is 1. The summed E-state index contributed by atoms with van der Waals surface area (Å²) in [6.07, 6.45) is 1.71. The van der Waals surface area contributed by atoms with E-state index in [1.807, 2.05) is 43.3 Å². The van der Waals surface area contributed by atoms with Gasteiger partial charge in [0.2, 0.25) is 5.82 Å². The smallest absolute Gasteiger partial charge is 0.259 e. The zero-order valence-corrected chi connectivity index (χ0v) is 13.1. The molecule has 0 unspecified atom stereocenters. The number of methoxy groups -OCH3 is 1. The number of hydrogen-bond donors (Lipinski definition) is 1. The minimum absolute atomic E-state index is 0.458. The van der Waals surface area contributed by atoms with Crippen molar-refractivity contribution in [3.05, 3.63) is 48.2 Å². The molecule has 23 heavy (non-hydrogen) atoms. The van der Waals surface area contributed by atoms with Gasteiger partial charge in [-0.3, -0.25) is 0 Å². The Bertz CT molecular complexity index is 768. The van der Waals surface area contributed by atoms with Crippen molar-refractivity contribution in [2.75, 3.05) is 25.6 Å². The van der Waals surface area contributed by atoms with E-state index in [0.29, 0.717) is 24.9 Å². The largest absolute Gasteiger partial charge is 0.383 e. The Balaban J connectivity index is 1.77. The van der Waals surface area contributed by atoms with Crippen LogP contribution in [0.25, 0.3) is 22.8 Å². The molecule has 2 heterocycles. The molecule has 0 aliphatic heterocycles. The normalized spacial score (nSPS) is 10.7. The van der Waals surface area contributed by atoms with E-state index < -0.39 is 0 Å². The number of nitrogens with one attached hydrogen (secondary N) is 1. The molecule has 0 fully saturated rings. The average molecular weight is 310 g/mol. The molecule has 3 aromatic rings. The first-order valence-corrected chi connectivity index (χ1v) is 7.37. The van der Waals surface area contributed by atoms with Gasteiger partial charge in [0.1, 0.15) is 5.82 Å². The SMILES string of the molecule is COCCNc1ccc(-c2nc(-c3ccccc3C)no2)cn1. The molecule has 1 aromatic carbocycles. The number of anilines is 1. The van der Waals surface area contributed by atoms with Gasteiger partial charge in [-0.05, 0) is 24.6 Å². The zero-order chi connectivity index (χ0) is 16.1. The summed E-state index contributed by atoms with van der Waals surface area (Å²) >= 11 is 0. The van der Waals surface area contributed by atoms with Crippen molar-refractivity contribution in [2.45, 2.75) is 6.92 Å². The van der Waals surface area contributed by atoms with Crippen LogP contribution in [0.2, 0.25) is 0 Å². The second kappa shape index (κ2) is 7.02. The number of aryl methyl sites for hydroxylation is 1. The monoisotopic (exact) mass is 310 g/mol. The number of benzene rings is 1. The van der Waals surface area contributed by atoms with E-state index in [9.17, 15) is 0 Å². The molecule has 0 saturated heterocycles. The molecule has 0 radical (unpaired) electrons. The van der Waals surface area contributed by atoms with Gasteiger partial charge in [0.15, 0.2) is 0 Å². The van der Waals surface area contributed by atoms with Gasteiger partial charge in [-0.25, -0.2) is 4.98 Å². The lowest BCUT2D eigenvalue weighted by molar-refractivity contribution is 0.210. The average Bonchev–Trinajstić information content (AvgIpc) is 3.06. The van der Waals surface area contributed by atoms with Crippen LogP contribution in [-0.2, 0) is 4.74 Å². The Morgan fingerprint density at radius 2 is 2.04 bits per heavy atom. The van der Waals surface area contributed by atoms with Gasteiger partial charge >= 0.3 is 0 Å². The minimum Gasteiger partial charge on any atom is -0.383 e. The second-order valence-electron chi connectivity index (χ2n) is 5.09. The van der Waals surface area contributed by atoms with E-state index in [1.165, 1.54) is 0 Å². The highest BCUT2D eigenvalue weighted by molar-refractivity contribution is 5.62. The van der Waals surface area contributed by atoms with Crippen LogP contribution in [0.5, 0.6) is 0 Å². The molecule has 118 valence electrons. The highest BCUT2D eigenvalue weighted by Crippen LogP contribution is 2.24. The van der Waals surface area contributed by atoms with Crippen LogP contribution in [0.4, 0.5) is 5.82 Å². The minimum atomic E-state index is 0.458. The number of aromatic nitrogens is 3. The Morgan fingerprint density at radius 1 is 1.17 bits per heavy atom. The van der Waals surface area contributed by atoms with E-state index >= 15 is 0 Å². The Kier molecular flexibility index (Phi) is 4.63. The fraction of sp³-hybridized carbons (Fsp3) is 0.235. The lowest BCUT2D eigenvalue weighted by atomic mass is 10.1. The van der Waals surface area contributed by atoms with Crippen molar-refractivity contribution in [3.63, 3.8) is 0 Å². The fourth-order valence-corrected chi connectivity index (χ4v) is 2.18. The fourth-order valence-electron chi connectivity index (χ4n) is 2.18. The highest BCUT2D eigenvalue weighted by Gasteiger charge is 2.12. The first-order valence-electron chi connectivity index (χ1n) is 7.37. The van der Waals surface area contributed by atoms with E-state index in [1.54, 1.807) is 13.3 Å². The molecule has 1 N–H and O–H groups in total. The lowest BCUT2D eigenvalue weighted by Crippen LogP contribution is -2.08. The van der Waals surface area contributed by atoms with Crippen molar-refractivity contribution in [1.82, 2.24) is 15.1 Å². The van der Waals surface area contributed by atoms with Crippen LogP contribution in [0.1, 0.15) is 5.56 Å². The molecule has 0 aliphatic carbocycles. The Labute approximate surface area is 134 Å². The van der Waals surface area contributed by atoms with Gasteiger partial charge in [-0.1, -0.05) is 29.4 Å². The van der Waals surface area contributed by atoms with Gasteiger partial charge in [0.05, 0.1) is 12.2 Å². The molecule has 0 spiro atoms. The van der Waals surface area contributed by atoms with E-state index in [2.05, 4.69) is 20.4 Å². The number of rotatable bonds is 6. The molecule has 0 bridgehead atoms. The van der Waals surface area contributed by atoms with Gasteiger partial charge in [-0.2, -0.15) is 4.98 Å². The maximum atomic E-state index is 5.36. The molecule has 6 heteroatoms. The molecule has 2 aromatic heterocycles. The van der Waals surface area contributed by atoms with Crippen LogP contribution < -0.4 is 5.32 Å². The Hall–Kier alpha value is -2.73. The first kappa shape index (κ1) is 15.2. The van der Waals surface area contributed by atoms with Crippen molar-refractivity contribution < 1.29 is 9.26 Å². The van der Waals surface area contributed by atoms with Crippen LogP contribution in [0.3, 0.4) is 0 Å². The summed E-state index contributed by atoms with van der Waals surface area (Å²) in [5.74, 6) is 1.82. The molecular weight excluding hydrogens is 292 g/mol. The van der Waals surface area contributed by atoms with Crippen molar-refractivity contribution >= 4 is 5.82 Å². The topological polar surface area (TPSA) is 73.1 Å². The summed E-state index contributed by atoms with van der Waals surface area (Å²) in [5.41, 5.74) is 2.86. The third-order valence-electron chi connectivity index (χ3n) is 3.43. The van der Waals surface area contributed by atoms with Crippen molar-refractivity contribution in [1.29, 1.82) is 0 Å². The number of hydrogen-bond acceptors (Lipinski definition) is 6. The maximum Gasteiger partial charge on any atom is 0.259 e. The predicted octanol–water partition coefficient (Wildman–Crippen LogP) is 3.17. The first-order chi connectivity index (χ1) is 11.3. The lowest BCUT2D eigenvalue weighted by Gasteiger charge is -2.04. The summed E-state index contributed by atoms with van der Waals surface area (Å²) in [5, 5.41) is 7.22. The van der Waals surface area contributed by atoms with Gasteiger partial charge in [0.25, 0.3) is 5.89 Å². The van der Waals surface area contributed by atoms with Gasteiger partial charge in [0, 0.05) is 25.4 Å². The summed E-state index contributed by atoms with van der Waals surface area (Å²) in [7, 11) is 1.67. The molecule has 0 atom stereocenters. The molecule has 6 nitrogen and oxygen atoms in total. The molecule has 3 rings (SSSR count). The summed E-state index contributed by atoms with van der Waals surface area (Å²) in [6, 6.07) is 11.7. The van der Waals surface area contributed by atoms with Crippen LogP contribution in [-0.4, -0.2) is 35.4 Å². The quantitative estimate of drug-likeness (QED) is 0.705. The summed E-state index contributed by atoms with van der Waals surface area (Å²) in [6.45, 7) is 3.36. The number of nitrogens with zero attached hydrogens (tertiary/aromatic N) is 3. The van der Waals surface area contributed by atoms with E-state index in [-0.39, 0.29) is 0 Å². The predicted molar refractivity (Wildman–Crippen MR) is 88.1 cm³/mol. The van der Waals surface area contributed by atoms with Crippen LogP contribution in [0.15, 0.2) is 47.1 Å². The number of ether oxygens (including phenoxy) is 1.